The number of carboxylic acids is 1. The quantitative estimate of drug-likeness (QED) is 0.0195. The summed E-state index contributed by atoms with van der Waals surface area (Å²) in [5, 5.41) is 11.7. The minimum Gasteiger partial charge on any atom is -0.545 e. The summed E-state index contributed by atoms with van der Waals surface area (Å²) in [5.41, 5.74) is 0. The zero-order valence-electron chi connectivity index (χ0n) is 42.6. The second-order valence-electron chi connectivity index (χ2n) is 18.8. The number of hydrogen-bond donors (Lipinski definition) is 0. The Labute approximate surface area is 399 Å². The van der Waals surface area contributed by atoms with Crippen LogP contribution in [0, 0.1) is 0 Å². The highest BCUT2D eigenvalue weighted by molar-refractivity contribution is 5.70. The Balaban J connectivity index is 4.30. The maximum Gasteiger partial charge on any atom is 0.306 e. The van der Waals surface area contributed by atoms with E-state index in [-0.39, 0.29) is 32.2 Å². The minimum atomic E-state index is -1.62. The zero-order chi connectivity index (χ0) is 47.7. The summed E-state index contributed by atoms with van der Waals surface area (Å²) in [5.74, 6) is -2.29. The molecule has 9 heteroatoms. The molecule has 0 radical (unpaired) electrons. The summed E-state index contributed by atoms with van der Waals surface area (Å²) >= 11 is 0. The van der Waals surface area contributed by atoms with Crippen molar-refractivity contribution in [3.63, 3.8) is 0 Å². The van der Waals surface area contributed by atoms with E-state index in [9.17, 15) is 19.5 Å². The molecule has 0 saturated heterocycles. The molecular weight excluding hydrogens is 815 g/mol. The number of aliphatic carboxylic acids is 1. The number of rotatable bonds is 48. The van der Waals surface area contributed by atoms with Crippen molar-refractivity contribution in [2.24, 2.45) is 0 Å². The lowest BCUT2D eigenvalue weighted by Crippen LogP contribution is -2.44. The first kappa shape index (κ1) is 62.0. The number of allylic oxidation sites excluding steroid dienone is 10. The minimum absolute atomic E-state index is 0.145. The lowest BCUT2D eigenvalue weighted by molar-refractivity contribution is -0.870. The summed E-state index contributed by atoms with van der Waals surface area (Å²) in [6.45, 7) is 4.64. The van der Waals surface area contributed by atoms with Crippen LogP contribution >= 0.6 is 0 Å². The highest BCUT2D eigenvalue weighted by Crippen LogP contribution is 2.16. The third-order valence-corrected chi connectivity index (χ3v) is 11.3. The molecule has 0 aromatic heterocycles. The number of carbonyl (C=O) groups excluding carboxylic acids is 3. The van der Waals surface area contributed by atoms with Crippen molar-refractivity contribution in [2.45, 2.75) is 232 Å². The van der Waals surface area contributed by atoms with Crippen LogP contribution in [0.25, 0.3) is 0 Å². The molecule has 0 aliphatic carbocycles. The van der Waals surface area contributed by atoms with E-state index in [0.717, 1.165) is 77.0 Å². The monoisotopic (exact) mass is 914 g/mol. The number of quaternary nitrogens is 1. The van der Waals surface area contributed by atoms with E-state index < -0.39 is 24.3 Å². The molecule has 0 spiro atoms. The van der Waals surface area contributed by atoms with Crippen molar-refractivity contribution >= 4 is 17.9 Å². The molecule has 0 heterocycles. The SMILES string of the molecule is CC/C=C\C/C=C\C/C=C\C/C=C\C/C=C\CCCCCCCCCCCC(=O)OC(COC(=O)CCCCCCCCCCCCCCCCC)COC(OCC[N+](C)(C)C)C(=O)[O-]. The number of ether oxygens (including phenoxy) is 4. The molecule has 376 valence electrons. The number of esters is 2. The van der Waals surface area contributed by atoms with Crippen LogP contribution in [-0.4, -0.2) is 82.3 Å². The smallest absolute Gasteiger partial charge is 0.306 e. The second kappa shape index (κ2) is 47.5. The van der Waals surface area contributed by atoms with Gasteiger partial charge in [0.2, 0.25) is 0 Å². The number of likely N-dealkylation sites (N-methyl/N-ethyl adjacent to an activating group) is 1. The van der Waals surface area contributed by atoms with Gasteiger partial charge in [0.15, 0.2) is 12.4 Å². The van der Waals surface area contributed by atoms with Crippen LogP contribution in [-0.2, 0) is 33.3 Å². The van der Waals surface area contributed by atoms with E-state index in [4.69, 9.17) is 18.9 Å². The molecule has 2 unspecified atom stereocenters. The molecule has 0 aromatic rings. The van der Waals surface area contributed by atoms with Gasteiger partial charge in [0.1, 0.15) is 13.2 Å². The van der Waals surface area contributed by atoms with Crippen LogP contribution in [0.1, 0.15) is 219 Å². The molecule has 0 aromatic carbocycles. The highest BCUT2D eigenvalue weighted by atomic mass is 16.7. The first-order chi connectivity index (χ1) is 31.6. The van der Waals surface area contributed by atoms with Crippen molar-refractivity contribution in [1.29, 1.82) is 0 Å². The van der Waals surface area contributed by atoms with Crippen molar-refractivity contribution in [1.82, 2.24) is 0 Å². The fourth-order valence-electron chi connectivity index (χ4n) is 7.21. The average molecular weight is 914 g/mol. The highest BCUT2D eigenvalue weighted by Gasteiger charge is 2.22. The van der Waals surface area contributed by atoms with Gasteiger partial charge in [-0.25, -0.2) is 0 Å². The molecule has 0 rings (SSSR count). The van der Waals surface area contributed by atoms with Gasteiger partial charge < -0.3 is 33.3 Å². The maximum atomic E-state index is 12.8. The van der Waals surface area contributed by atoms with Crippen molar-refractivity contribution < 1.29 is 42.9 Å². The van der Waals surface area contributed by atoms with Crippen LogP contribution in [0.5, 0.6) is 0 Å². The van der Waals surface area contributed by atoms with Crippen LogP contribution in [0.3, 0.4) is 0 Å². The summed E-state index contributed by atoms with van der Waals surface area (Å²) < 4.78 is 22.6. The van der Waals surface area contributed by atoms with Gasteiger partial charge in [0, 0.05) is 12.8 Å². The van der Waals surface area contributed by atoms with Crippen LogP contribution < -0.4 is 5.11 Å². The van der Waals surface area contributed by atoms with Crippen molar-refractivity contribution in [3.8, 4) is 0 Å². The summed E-state index contributed by atoms with van der Waals surface area (Å²) in [6, 6.07) is 0. The number of hydrogen-bond acceptors (Lipinski definition) is 8. The molecule has 0 aliphatic rings. The fraction of sp³-hybridized carbons (Fsp3) is 0.768. The van der Waals surface area contributed by atoms with Crippen LogP contribution in [0.4, 0.5) is 0 Å². The molecule has 9 nitrogen and oxygen atoms in total. The number of unbranched alkanes of at least 4 members (excludes halogenated alkanes) is 23. The molecule has 2 atom stereocenters. The number of carbonyl (C=O) groups is 3. The predicted molar refractivity (Wildman–Crippen MR) is 269 cm³/mol. The van der Waals surface area contributed by atoms with Crippen molar-refractivity contribution in [2.75, 3.05) is 47.5 Å². The fourth-order valence-corrected chi connectivity index (χ4v) is 7.21. The van der Waals surface area contributed by atoms with E-state index in [1.165, 1.54) is 109 Å². The lowest BCUT2D eigenvalue weighted by atomic mass is 10.0. The van der Waals surface area contributed by atoms with Gasteiger partial charge in [0.05, 0.1) is 40.3 Å². The topological polar surface area (TPSA) is 111 Å². The molecule has 0 aliphatic heterocycles. The van der Waals surface area contributed by atoms with Gasteiger partial charge in [-0.2, -0.15) is 0 Å². The molecule has 0 N–H and O–H groups in total. The zero-order valence-corrected chi connectivity index (χ0v) is 42.6. The normalized spacial score (nSPS) is 13.3. The Kier molecular flexibility index (Phi) is 45.3. The van der Waals surface area contributed by atoms with E-state index in [1.54, 1.807) is 0 Å². The Morgan fingerprint density at radius 2 is 0.877 bits per heavy atom. The first-order valence-corrected chi connectivity index (χ1v) is 26.4. The van der Waals surface area contributed by atoms with Crippen LogP contribution in [0.15, 0.2) is 60.8 Å². The average Bonchev–Trinajstić information content (AvgIpc) is 3.27. The third kappa shape index (κ3) is 48.7. The third-order valence-electron chi connectivity index (χ3n) is 11.3. The molecule has 0 amide bonds. The Hall–Kier alpha value is -3.01. The van der Waals surface area contributed by atoms with Crippen LogP contribution in [0.2, 0.25) is 0 Å². The molecular formula is C56H99NO8. The maximum absolute atomic E-state index is 12.8. The van der Waals surface area contributed by atoms with E-state index >= 15 is 0 Å². The lowest BCUT2D eigenvalue weighted by Gasteiger charge is -2.26. The first-order valence-electron chi connectivity index (χ1n) is 26.4. The summed E-state index contributed by atoms with van der Waals surface area (Å²) in [6.07, 6.45) is 55.4. The van der Waals surface area contributed by atoms with Gasteiger partial charge in [0.25, 0.3) is 0 Å². The molecule has 0 saturated carbocycles. The van der Waals surface area contributed by atoms with Gasteiger partial charge >= 0.3 is 11.9 Å². The van der Waals surface area contributed by atoms with Gasteiger partial charge in [-0.05, 0) is 57.8 Å². The van der Waals surface area contributed by atoms with Gasteiger partial charge in [-0.15, -0.1) is 0 Å². The number of carboxylic acid groups (broad SMARTS) is 1. The largest absolute Gasteiger partial charge is 0.545 e. The van der Waals surface area contributed by atoms with E-state index in [1.807, 2.05) is 21.1 Å². The Morgan fingerprint density at radius 3 is 1.31 bits per heavy atom. The summed E-state index contributed by atoms with van der Waals surface area (Å²) in [7, 11) is 5.91. The summed E-state index contributed by atoms with van der Waals surface area (Å²) in [4.78, 5) is 37.2. The molecule has 0 bridgehead atoms. The van der Waals surface area contributed by atoms with E-state index in [2.05, 4.69) is 74.6 Å². The Morgan fingerprint density at radius 1 is 0.477 bits per heavy atom. The standard InChI is InChI=1S/C56H99NO8/c1-6-8-10-12-14-16-18-20-22-23-24-25-26-27-28-29-30-31-33-35-37-39-41-43-45-47-54(59)65-52(51-64-56(55(60)61)62-49-48-57(3,4)5)50-63-53(58)46-44-42-40-38-36-34-32-21-19-17-15-13-11-9-7-2/h8,10,14,16,20,22,24-25,27-28,52,56H,6-7,9,11-13,15,17-19,21,23,26,29-51H2,1-5H3/b10-8-,16-14-,22-20-,25-24-,28-27-. The molecule has 0 fully saturated rings. The molecule has 65 heavy (non-hydrogen) atoms. The number of nitrogens with zero attached hydrogens (tertiary/aromatic N) is 1. The van der Waals surface area contributed by atoms with Gasteiger partial charge in [-0.3, -0.25) is 9.59 Å². The van der Waals surface area contributed by atoms with Gasteiger partial charge in [-0.1, -0.05) is 209 Å². The van der Waals surface area contributed by atoms with E-state index in [0.29, 0.717) is 23.9 Å². The Bertz CT molecular complexity index is 1250. The second-order valence-corrected chi connectivity index (χ2v) is 18.8. The predicted octanol–water partition coefficient (Wildman–Crippen LogP) is 13.6. The van der Waals surface area contributed by atoms with Crippen molar-refractivity contribution in [3.05, 3.63) is 60.8 Å².